The van der Waals surface area contributed by atoms with Crippen molar-refractivity contribution in [2.24, 2.45) is 5.73 Å². The zero-order valence-corrected chi connectivity index (χ0v) is 19.3. The highest BCUT2D eigenvalue weighted by atomic mass is 16.3. The van der Waals surface area contributed by atoms with Crippen LogP contribution in [0.15, 0.2) is 42.7 Å². The smallest absolute Gasteiger partial charge is 0.269 e. The van der Waals surface area contributed by atoms with E-state index in [1.54, 1.807) is 24.9 Å². The monoisotopic (exact) mass is 460 g/mol. The van der Waals surface area contributed by atoms with Gasteiger partial charge in [-0.25, -0.2) is 4.68 Å². The second-order valence-electron chi connectivity index (χ2n) is 8.79. The van der Waals surface area contributed by atoms with Gasteiger partial charge >= 0.3 is 0 Å². The summed E-state index contributed by atoms with van der Waals surface area (Å²) in [6, 6.07) is 9.24. The topological polar surface area (TPSA) is 119 Å². The fourth-order valence-electron chi connectivity index (χ4n) is 4.22. The lowest BCUT2D eigenvalue weighted by Crippen LogP contribution is -2.29. The van der Waals surface area contributed by atoms with Gasteiger partial charge in [-0.2, -0.15) is 10.2 Å². The first-order chi connectivity index (χ1) is 16.3. The van der Waals surface area contributed by atoms with Gasteiger partial charge in [0, 0.05) is 43.5 Å². The maximum absolute atomic E-state index is 12.3. The van der Waals surface area contributed by atoms with Gasteiger partial charge in [-0.1, -0.05) is 17.9 Å². The Kier molecular flexibility index (Phi) is 6.52. The number of aromatic nitrogens is 4. The van der Waals surface area contributed by atoms with Gasteiger partial charge in [-0.3, -0.25) is 14.3 Å². The molecular weight excluding hydrogens is 432 g/mol. The molecule has 3 aromatic rings. The minimum absolute atomic E-state index is 0.0995. The average Bonchev–Trinajstić information content (AvgIpc) is 3.50. The Morgan fingerprint density at radius 3 is 2.94 bits per heavy atom. The number of carbonyl (C=O) groups is 2. The van der Waals surface area contributed by atoms with Crippen molar-refractivity contribution >= 4 is 12.3 Å². The van der Waals surface area contributed by atoms with Gasteiger partial charge < -0.3 is 15.7 Å². The third-order valence-electron chi connectivity index (χ3n) is 6.02. The van der Waals surface area contributed by atoms with Gasteiger partial charge in [-0.05, 0) is 50.5 Å². The second-order valence-corrected chi connectivity index (χ2v) is 8.79. The van der Waals surface area contributed by atoms with Crippen LogP contribution >= 0.6 is 0 Å². The van der Waals surface area contributed by atoms with Crippen molar-refractivity contribution < 1.29 is 14.7 Å². The summed E-state index contributed by atoms with van der Waals surface area (Å²) in [5.74, 6) is 5.35. The number of rotatable bonds is 7. The Morgan fingerprint density at radius 2 is 2.24 bits per heavy atom. The molecule has 9 nitrogen and oxygen atoms in total. The number of primary amides is 1. The molecule has 34 heavy (non-hydrogen) atoms. The van der Waals surface area contributed by atoms with E-state index in [-0.39, 0.29) is 11.7 Å². The van der Waals surface area contributed by atoms with Crippen LogP contribution in [-0.2, 0) is 11.2 Å². The molecule has 1 aromatic carbocycles. The highest BCUT2D eigenvalue weighted by Gasteiger charge is 2.32. The summed E-state index contributed by atoms with van der Waals surface area (Å²) in [6.45, 7) is 2.03. The van der Waals surface area contributed by atoms with Crippen LogP contribution in [0.4, 0.5) is 0 Å². The van der Waals surface area contributed by atoms with Crippen molar-refractivity contribution in [2.45, 2.75) is 44.2 Å². The molecule has 1 aliphatic carbocycles. The normalized spacial score (nSPS) is 16.6. The Morgan fingerprint density at radius 1 is 1.41 bits per heavy atom. The molecule has 176 valence electrons. The first-order valence-electron chi connectivity index (χ1n) is 11.2. The van der Waals surface area contributed by atoms with E-state index in [2.05, 4.69) is 22.0 Å². The fourth-order valence-corrected chi connectivity index (χ4v) is 4.22. The molecule has 1 aliphatic rings. The van der Waals surface area contributed by atoms with E-state index in [0.717, 1.165) is 42.6 Å². The molecular formula is C25H28N6O3. The standard InChI is InChI=1S/C25H28N6O3/c1-25(34,12-15-29(2)17-32)11-10-18-6-3-7-19(16-18)31-21-9-4-8-20(30-14-5-13-27-30)22(21)23(28-31)24(26)33/h3,5-7,13-14,16-17,20,34H,4,8-9,12,15H2,1-2H3,(H2,26,33)/t20-,25+/m1/s1. The number of hydrogen-bond donors (Lipinski definition) is 2. The lowest BCUT2D eigenvalue weighted by atomic mass is 9.90. The number of nitrogens with zero attached hydrogens (tertiary/aromatic N) is 5. The van der Waals surface area contributed by atoms with Crippen molar-refractivity contribution in [2.75, 3.05) is 13.6 Å². The largest absolute Gasteiger partial charge is 0.378 e. The number of aliphatic hydroxyl groups is 1. The first-order valence-corrected chi connectivity index (χ1v) is 11.2. The van der Waals surface area contributed by atoms with E-state index in [4.69, 9.17) is 5.73 Å². The molecule has 0 saturated carbocycles. The molecule has 2 atom stereocenters. The number of hydrogen-bond acceptors (Lipinski definition) is 5. The molecule has 0 radical (unpaired) electrons. The summed E-state index contributed by atoms with van der Waals surface area (Å²) >= 11 is 0. The summed E-state index contributed by atoms with van der Waals surface area (Å²) in [5.41, 5.74) is 7.95. The third-order valence-corrected chi connectivity index (χ3v) is 6.02. The van der Waals surface area contributed by atoms with E-state index in [1.807, 2.05) is 41.2 Å². The van der Waals surface area contributed by atoms with Crippen LogP contribution in [0, 0.1) is 11.8 Å². The van der Waals surface area contributed by atoms with Gasteiger partial charge in [0.05, 0.1) is 17.4 Å². The highest BCUT2D eigenvalue weighted by molar-refractivity contribution is 5.93. The summed E-state index contributed by atoms with van der Waals surface area (Å²) in [6.07, 6.45) is 7.20. The third kappa shape index (κ3) is 4.87. The van der Waals surface area contributed by atoms with E-state index in [9.17, 15) is 14.7 Å². The van der Waals surface area contributed by atoms with Crippen molar-refractivity contribution in [1.82, 2.24) is 24.5 Å². The molecule has 2 amide bonds. The van der Waals surface area contributed by atoms with Crippen LogP contribution < -0.4 is 5.73 Å². The van der Waals surface area contributed by atoms with Gasteiger partial charge in [0.2, 0.25) is 6.41 Å². The predicted octanol–water partition coefficient (Wildman–Crippen LogP) is 1.67. The molecule has 9 heteroatoms. The zero-order chi connectivity index (χ0) is 24.3. The Balaban J connectivity index is 1.68. The average molecular weight is 461 g/mol. The van der Waals surface area contributed by atoms with Crippen molar-refractivity contribution in [3.63, 3.8) is 0 Å². The summed E-state index contributed by atoms with van der Waals surface area (Å²) in [4.78, 5) is 24.5. The molecule has 0 aliphatic heterocycles. The quantitative estimate of drug-likeness (QED) is 0.411. The summed E-state index contributed by atoms with van der Waals surface area (Å²) < 4.78 is 3.62. The lowest BCUT2D eigenvalue weighted by Gasteiger charge is -2.24. The van der Waals surface area contributed by atoms with Crippen molar-refractivity contribution in [3.05, 3.63) is 65.2 Å². The van der Waals surface area contributed by atoms with Gasteiger partial charge in [0.15, 0.2) is 5.69 Å². The van der Waals surface area contributed by atoms with Gasteiger partial charge in [-0.15, -0.1) is 0 Å². The maximum atomic E-state index is 12.3. The number of benzene rings is 1. The second kappa shape index (κ2) is 9.53. The molecule has 2 aromatic heterocycles. The van der Waals surface area contributed by atoms with Gasteiger partial charge in [0.25, 0.3) is 5.91 Å². The summed E-state index contributed by atoms with van der Waals surface area (Å²) in [7, 11) is 1.65. The van der Waals surface area contributed by atoms with Gasteiger partial charge in [0.1, 0.15) is 5.60 Å². The predicted molar refractivity (Wildman–Crippen MR) is 126 cm³/mol. The minimum Gasteiger partial charge on any atom is -0.378 e. The minimum atomic E-state index is -1.24. The molecule has 0 fully saturated rings. The van der Waals surface area contributed by atoms with E-state index in [0.29, 0.717) is 18.5 Å². The number of nitrogens with two attached hydrogens (primary N) is 1. The molecule has 2 heterocycles. The SMILES string of the molecule is CN(C=O)CC[C@@](C)(O)C#Cc1cccc(-n2nc(C(N)=O)c3c2CCC[C@H]3n2cccn2)c1. The maximum Gasteiger partial charge on any atom is 0.269 e. The highest BCUT2D eigenvalue weighted by Crippen LogP contribution is 2.36. The Hall–Kier alpha value is -3.90. The van der Waals surface area contributed by atoms with Crippen LogP contribution in [-0.4, -0.2) is 61.1 Å². The zero-order valence-electron chi connectivity index (χ0n) is 19.3. The lowest BCUT2D eigenvalue weighted by molar-refractivity contribution is -0.117. The van der Waals surface area contributed by atoms with Crippen LogP contribution in [0.5, 0.6) is 0 Å². The van der Waals surface area contributed by atoms with Crippen molar-refractivity contribution in [1.29, 1.82) is 0 Å². The van der Waals surface area contributed by atoms with Crippen LogP contribution in [0.3, 0.4) is 0 Å². The van der Waals surface area contributed by atoms with Crippen LogP contribution in [0.25, 0.3) is 5.69 Å². The van der Waals surface area contributed by atoms with E-state index in [1.165, 1.54) is 4.90 Å². The fraction of sp³-hybridized carbons (Fsp3) is 0.360. The van der Waals surface area contributed by atoms with E-state index < -0.39 is 11.5 Å². The molecule has 3 N–H and O–H groups in total. The van der Waals surface area contributed by atoms with Crippen molar-refractivity contribution in [3.8, 4) is 17.5 Å². The van der Waals surface area contributed by atoms with E-state index >= 15 is 0 Å². The summed E-state index contributed by atoms with van der Waals surface area (Å²) in [5, 5.41) is 19.5. The van der Waals surface area contributed by atoms with Crippen LogP contribution in [0.1, 0.15) is 59.5 Å². The number of fused-ring (bicyclic) bond motifs is 1. The van der Waals surface area contributed by atoms with Crippen LogP contribution in [0.2, 0.25) is 0 Å². The molecule has 0 unspecified atom stereocenters. The first kappa shape index (κ1) is 23.3. The molecule has 0 bridgehead atoms. The molecule has 4 rings (SSSR count). The molecule has 0 saturated heterocycles. The Bertz CT molecular complexity index is 1250. The molecule has 0 spiro atoms. The number of amides is 2. The Labute approximate surface area is 198 Å². The number of carbonyl (C=O) groups excluding carboxylic acids is 2.